The molecule has 5 heteroatoms. The summed E-state index contributed by atoms with van der Waals surface area (Å²) in [6.45, 7) is 3.35. The van der Waals surface area contributed by atoms with E-state index in [1.54, 1.807) is 11.9 Å². The van der Waals surface area contributed by atoms with Crippen molar-refractivity contribution in [3.8, 4) is 5.75 Å². The minimum atomic E-state index is -0.231. The van der Waals surface area contributed by atoms with Crippen LogP contribution in [0.25, 0.3) is 0 Å². The van der Waals surface area contributed by atoms with E-state index < -0.39 is 0 Å². The molecule has 1 fully saturated rings. The summed E-state index contributed by atoms with van der Waals surface area (Å²) in [4.78, 5) is 24.8. The van der Waals surface area contributed by atoms with Gasteiger partial charge in [0.2, 0.25) is 11.8 Å². The van der Waals surface area contributed by atoms with Gasteiger partial charge in [-0.25, -0.2) is 0 Å². The number of nitrogens with zero attached hydrogens (tertiary/aromatic N) is 1. The summed E-state index contributed by atoms with van der Waals surface area (Å²) in [5.41, 5.74) is 1.07. The van der Waals surface area contributed by atoms with Crippen LogP contribution >= 0.6 is 0 Å². The van der Waals surface area contributed by atoms with E-state index in [0.717, 1.165) is 11.3 Å². The number of hydrogen-bond donors (Lipinski definition) is 1. The summed E-state index contributed by atoms with van der Waals surface area (Å²) >= 11 is 0. The maximum atomic E-state index is 11.9. The number of carbonyl (C=O) groups excluding carboxylic acids is 2. The zero-order valence-electron chi connectivity index (χ0n) is 11.9. The second-order valence-electron chi connectivity index (χ2n) is 5.08. The first kappa shape index (κ1) is 14.4. The molecule has 20 heavy (non-hydrogen) atoms. The van der Waals surface area contributed by atoms with Crippen LogP contribution in [-0.4, -0.2) is 43.5 Å². The van der Waals surface area contributed by atoms with Crippen molar-refractivity contribution < 1.29 is 14.3 Å². The van der Waals surface area contributed by atoms with Gasteiger partial charge in [-0.2, -0.15) is 0 Å². The SMILES string of the molecule is Cc1ccccc1OCCNC(=O)C1CC(=O)N(C)C1. The Balaban J connectivity index is 1.70. The van der Waals surface area contributed by atoms with Crippen LogP contribution in [0.5, 0.6) is 5.75 Å². The van der Waals surface area contributed by atoms with Gasteiger partial charge in [-0.05, 0) is 18.6 Å². The first-order valence-corrected chi connectivity index (χ1v) is 6.78. The number of carbonyl (C=O) groups is 2. The maximum absolute atomic E-state index is 11.9. The van der Waals surface area contributed by atoms with Gasteiger partial charge in [0.25, 0.3) is 0 Å². The topological polar surface area (TPSA) is 58.6 Å². The number of para-hydroxylation sites is 1. The number of rotatable bonds is 5. The number of hydrogen-bond acceptors (Lipinski definition) is 3. The molecule has 1 unspecified atom stereocenters. The van der Waals surface area contributed by atoms with Crippen LogP contribution in [0.15, 0.2) is 24.3 Å². The Bertz CT molecular complexity index is 502. The van der Waals surface area contributed by atoms with E-state index in [2.05, 4.69) is 5.32 Å². The molecular formula is C15H20N2O3. The summed E-state index contributed by atoms with van der Waals surface area (Å²) in [6.07, 6.45) is 0.307. The van der Waals surface area contributed by atoms with Crippen molar-refractivity contribution in [3.05, 3.63) is 29.8 Å². The highest BCUT2D eigenvalue weighted by Gasteiger charge is 2.31. The molecule has 1 aliphatic heterocycles. The molecule has 0 aromatic heterocycles. The summed E-state index contributed by atoms with van der Waals surface area (Å²) in [6, 6.07) is 7.76. The molecule has 0 bridgehead atoms. The van der Waals surface area contributed by atoms with E-state index in [1.807, 2.05) is 31.2 Å². The lowest BCUT2D eigenvalue weighted by molar-refractivity contribution is -0.128. The molecule has 1 aromatic carbocycles. The molecule has 0 aliphatic carbocycles. The molecule has 2 rings (SSSR count). The van der Waals surface area contributed by atoms with Crippen molar-refractivity contribution >= 4 is 11.8 Å². The number of ether oxygens (including phenoxy) is 1. The molecule has 1 aliphatic rings. The van der Waals surface area contributed by atoms with Gasteiger partial charge in [0.15, 0.2) is 0 Å². The molecule has 5 nitrogen and oxygen atoms in total. The van der Waals surface area contributed by atoms with E-state index in [4.69, 9.17) is 4.74 Å². The summed E-state index contributed by atoms with van der Waals surface area (Å²) in [5.74, 6) is 0.556. The molecule has 1 atom stereocenters. The largest absolute Gasteiger partial charge is 0.491 e. The molecule has 1 saturated heterocycles. The second kappa shape index (κ2) is 6.41. The van der Waals surface area contributed by atoms with E-state index in [0.29, 0.717) is 26.1 Å². The Morgan fingerprint density at radius 2 is 2.20 bits per heavy atom. The highest BCUT2D eigenvalue weighted by Crippen LogP contribution is 2.16. The highest BCUT2D eigenvalue weighted by molar-refractivity contribution is 5.89. The summed E-state index contributed by atoms with van der Waals surface area (Å²) in [5, 5.41) is 2.81. The zero-order valence-corrected chi connectivity index (χ0v) is 11.9. The number of benzene rings is 1. The number of aryl methyl sites for hydroxylation is 1. The van der Waals surface area contributed by atoms with E-state index >= 15 is 0 Å². The average Bonchev–Trinajstić information content (AvgIpc) is 2.76. The lowest BCUT2D eigenvalue weighted by Crippen LogP contribution is -2.34. The lowest BCUT2D eigenvalue weighted by Gasteiger charge is -2.12. The minimum absolute atomic E-state index is 0.0290. The fraction of sp³-hybridized carbons (Fsp3) is 0.467. The van der Waals surface area contributed by atoms with Crippen LogP contribution < -0.4 is 10.1 Å². The van der Waals surface area contributed by atoms with E-state index in [-0.39, 0.29) is 17.7 Å². The third-order valence-corrected chi connectivity index (χ3v) is 3.46. The summed E-state index contributed by atoms with van der Waals surface area (Å²) < 4.78 is 5.60. The Kier molecular flexibility index (Phi) is 4.61. The molecule has 1 aromatic rings. The van der Waals surface area contributed by atoms with Crippen molar-refractivity contribution in [3.63, 3.8) is 0 Å². The lowest BCUT2D eigenvalue weighted by atomic mass is 10.1. The Labute approximate surface area is 118 Å². The average molecular weight is 276 g/mol. The van der Waals surface area contributed by atoms with Crippen LogP contribution in [0.3, 0.4) is 0 Å². The zero-order chi connectivity index (χ0) is 14.5. The smallest absolute Gasteiger partial charge is 0.225 e. The molecule has 1 heterocycles. The minimum Gasteiger partial charge on any atom is -0.491 e. The van der Waals surface area contributed by atoms with Crippen molar-refractivity contribution in [1.29, 1.82) is 0 Å². The fourth-order valence-electron chi connectivity index (χ4n) is 2.24. The Morgan fingerprint density at radius 1 is 1.45 bits per heavy atom. The number of amides is 2. The highest BCUT2D eigenvalue weighted by atomic mass is 16.5. The predicted molar refractivity (Wildman–Crippen MR) is 75.4 cm³/mol. The van der Waals surface area contributed by atoms with Gasteiger partial charge in [-0.3, -0.25) is 9.59 Å². The van der Waals surface area contributed by atoms with Gasteiger partial charge in [0, 0.05) is 20.0 Å². The normalized spacial score (nSPS) is 18.2. The van der Waals surface area contributed by atoms with Crippen LogP contribution in [0.2, 0.25) is 0 Å². The van der Waals surface area contributed by atoms with E-state index in [9.17, 15) is 9.59 Å². The molecule has 0 radical (unpaired) electrons. The molecular weight excluding hydrogens is 256 g/mol. The van der Waals surface area contributed by atoms with Gasteiger partial charge < -0.3 is 15.0 Å². The van der Waals surface area contributed by atoms with Gasteiger partial charge in [-0.15, -0.1) is 0 Å². The molecule has 108 valence electrons. The summed E-state index contributed by atoms with van der Waals surface area (Å²) in [7, 11) is 1.72. The van der Waals surface area contributed by atoms with Crippen LogP contribution in [0, 0.1) is 12.8 Å². The number of nitrogens with one attached hydrogen (secondary N) is 1. The third kappa shape index (κ3) is 3.50. The predicted octanol–water partition coefficient (Wildman–Crippen LogP) is 0.968. The maximum Gasteiger partial charge on any atom is 0.225 e. The van der Waals surface area contributed by atoms with Crippen molar-refractivity contribution in [2.75, 3.05) is 26.7 Å². The number of likely N-dealkylation sites (tertiary alicyclic amines) is 1. The van der Waals surface area contributed by atoms with Crippen molar-refractivity contribution in [1.82, 2.24) is 10.2 Å². The molecule has 2 amide bonds. The van der Waals surface area contributed by atoms with E-state index in [1.165, 1.54) is 0 Å². The van der Waals surface area contributed by atoms with Crippen molar-refractivity contribution in [2.24, 2.45) is 5.92 Å². The molecule has 0 spiro atoms. The van der Waals surface area contributed by atoms with Gasteiger partial charge >= 0.3 is 0 Å². The van der Waals surface area contributed by atoms with Crippen LogP contribution in [0.4, 0.5) is 0 Å². The quantitative estimate of drug-likeness (QED) is 0.815. The first-order valence-electron chi connectivity index (χ1n) is 6.78. The fourth-order valence-corrected chi connectivity index (χ4v) is 2.24. The first-order chi connectivity index (χ1) is 9.58. The van der Waals surface area contributed by atoms with Crippen LogP contribution in [0.1, 0.15) is 12.0 Å². The van der Waals surface area contributed by atoms with Crippen molar-refractivity contribution in [2.45, 2.75) is 13.3 Å². The third-order valence-electron chi connectivity index (χ3n) is 3.46. The molecule has 1 N–H and O–H groups in total. The molecule has 0 saturated carbocycles. The van der Waals surface area contributed by atoms with Gasteiger partial charge in [-0.1, -0.05) is 18.2 Å². The second-order valence-corrected chi connectivity index (χ2v) is 5.08. The van der Waals surface area contributed by atoms with Gasteiger partial charge in [0.05, 0.1) is 12.5 Å². The van der Waals surface area contributed by atoms with Crippen LogP contribution in [-0.2, 0) is 9.59 Å². The monoisotopic (exact) mass is 276 g/mol. The van der Waals surface area contributed by atoms with Gasteiger partial charge in [0.1, 0.15) is 12.4 Å². The Hall–Kier alpha value is -2.04. The standard InChI is InChI=1S/C15H20N2O3/c1-11-5-3-4-6-13(11)20-8-7-16-15(19)12-9-14(18)17(2)10-12/h3-6,12H,7-10H2,1-2H3,(H,16,19). The Morgan fingerprint density at radius 3 is 2.85 bits per heavy atom.